The number of hydrogen-bond acceptors (Lipinski definition) is 2. The van der Waals surface area contributed by atoms with Crippen LogP contribution in [0.2, 0.25) is 0 Å². The van der Waals surface area contributed by atoms with Gasteiger partial charge in [0.15, 0.2) is 0 Å². The summed E-state index contributed by atoms with van der Waals surface area (Å²) in [7, 11) is 2.01. The van der Waals surface area contributed by atoms with Crippen LogP contribution in [0.3, 0.4) is 0 Å². The van der Waals surface area contributed by atoms with Crippen molar-refractivity contribution in [1.29, 1.82) is 0 Å². The molecule has 1 saturated heterocycles. The topological polar surface area (TPSA) is 23.5 Å². The van der Waals surface area contributed by atoms with Crippen molar-refractivity contribution in [3.05, 3.63) is 12.2 Å². The molecule has 66 valence electrons. The van der Waals surface area contributed by atoms with Crippen LogP contribution in [0.25, 0.3) is 0 Å². The van der Waals surface area contributed by atoms with Crippen LogP contribution >= 0.6 is 0 Å². The van der Waals surface area contributed by atoms with E-state index in [2.05, 4.69) is 11.5 Å². The van der Waals surface area contributed by atoms with Gasteiger partial charge in [-0.05, 0) is 13.5 Å². The first-order chi connectivity index (χ1) is 5.24. The molecule has 2 nitrogen and oxygen atoms in total. The molecule has 1 heterocycles. The Kier molecular flexibility index (Phi) is 5.16. The second kappa shape index (κ2) is 5.33. The predicted molar refractivity (Wildman–Crippen MR) is 48.6 cm³/mol. The second-order valence-corrected chi connectivity index (χ2v) is 2.71. The SMILES string of the molecule is C=C1CC(CO)N(C)C1.CC. The van der Waals surface area contributed by atoms with Crippen LogP contribution < -0.4 is 0 Å². The number of nitrogens with zero attached hydrogens (tertiary/aromatic N) is 1. The summed E-state index contributed by atoms with van der Waals surface area (Å²) < 4.78 is 0. The van der Waals surface area contributed by atoms with Crippen molar-refractivity contribution in [2.45, 2.75) is 26.3 Å². The van der Waals surface area contributed by atoms with E-state index in [4.69, 9.17) is 5.11 Å². The van der Waals surface area contributed by atoms with E-state index in [-0.39, 0.29) is 6.61 Å². The van der Waals surface area contributed by atoms with Gasteiger partial charge in [-0.1, -0.05) is 26.0 Å². The standard InChI is InChI=1S/C7H13NO.C2H6/c1-6-3-7(5-9)8(2)4-6;1-2/h7,9H,1,3-5H2,2H3;1-2H3. The summed E-state index contributed by atoms with van der Waals surface area (Å²) >= 11 is 0. The van der Waals surface area contributed by atoms with Crippen molar-refractivity contribution in [3.8, 4) is 0 Å². The van der Waals surface area contributed by atoms with Gasteiger partial charge in [0.25, 0.3) is 0 Å². The largest absolute Gasteiger partial charge is 0.395 e. The molecule has 0 aromatic heterocycles. The lowest BCUT2D eigenvalue weighted by atomic mass is 10.2. The molecule has 1 fully saturated rings. The van der Waals surface area contributed by atoms with Crippen molar-refractivity contribution < 1.29 is 5.11 Å². The number of aliphatic hydroxyl groups excluding tert-OH is 1. The quantitative estimate of drug-likeness (QED) is 0.579. The van der Waals surface area contributed by atoms with E-state index in [0.29, 0.717) is 6.04 Å². The molecule has 0 spiro atoms. The van der Waals surface area contributed by atoms with Gasteiger partial charge in [-0.15, -0.1) is 0 Å². The molecule has 0 radical (unpaired) electrons. The summed E-state index contributed by atoms with van der Waals surface area (Å²) in [5, 5.41) is 8.77. The van der Waals surface area contributed by atoms with Gasteiger partial charge in [0.2, 0.25) is 0 Å². The highest BCUT2D eigenvalue weighted by Crippen LogP contribution is 2.17. The lowest BCUT2D eigenvalue weighted by molar-refractivity contribution is 0.182. The van der Waals surface area contributed by atoms with Crippen LogP contribution in [0.4, 0.5) is 0 Å². The molecule has 11 heavy (non-hydrogen) atoms. The third kappa shape index (κ3) is 3.04. The van der Waals surface area contributed by atoms with Crippen molar-refractivity contribution >= 4 is 0 Å². The first-order valence-corrected chi connectivity index (χ1v) is 4.22. The molecule has 0 bridgehead atoms. The zero-order valence-corrected chi connectivity index (χ0v) is 7.80. The van der Waals surface area contributed by atoms with Crippen LogP contribution in [0.1, 0.15) is 20.3 Å². The minimum absolute atomic E-state index is 0.259. The Bertz CT molecular complexity index is 123. The monoisotopic (exact) mass is 157 g/mol. The maximum atomic E-state index is 8.77. The highest BCUT2D eigenvalue weighted by Gasteiger charge is 2.21. The van der Waals surface area contributed by atoms with E-state index >= 15 is 0 Å². The van der Waals surface area contributed by atoms with E-state index in [1.165, 1.54) is 5.57 Å². The predicted octanol–water partition coefficient (Wildman–Crippen LogP) is 1.27. The smallest absolute Gasteiger partial charge is 0.0590 e. The van der Waals surface area contributed by atoms with Gasteiger partial charge < -0.3 is 5.11 Å². The summed E-state index contributed by atoms with van der Waals surface area (Å²) in [5.74, 6) is 0. The van der Waals surface area contributed by atoms with Crippen LogP contribution in [0.15, 0.2) is 12.2 Å². The molecule has 2 heteroatoms. The molecular weight excluding hydrogens is 138 g/mol. The molecule has 1 atom stereocenters. The molecule has 0 aliphatic carbocycles. The van der Waals surface area contributed by atoms with Gasteiger partial charge in [-0.3, -0.25) is 4.90 Å². The molecule has 1 aliphatic rings. The maximum Gasteiger partial charge on any atom is 0.0590 e. The van der Waals surface area contributed by atoms with Crippen LogP contribution in [-0.4, -0.2) is 36.2 Å². The van der Waals surface area contributed by atoms with E-state index in [1.54, 1.807) is 0 Å². The molecule has 1 aliphatic heterocycles. The van der Waals surface area contributed by atoms with Crippen LogP contribution in [-0.2, 0) is 0 Å². The minimum atomic E-state index is 0.259. The molecule has 1 unspecified atom stereocenters. The Morgan fingerprint density at radius 2 is 2.18 bits per heavy atom. The number of rotatable bonds is 1. The molecule has 0 aromatic carbocycles. The van der Waals surface area contributed by atoms with Crippen LogP contribution in [0.5, 0.6) is 0 Å². The fourth-order valence-electron chi connectivity index (χ4n) is 1.24. The number of hydrogen-bond donors (Lipinski definition) is 1. The molecule has 1 N–H and O–H groups in total. The highest BCUT2D eigenvalue weighted by molar-refractivity contribution is 5.06. The van der Waals surface area contributed by atoms with Crippen molar-refractivity contribution in [2.24, 2.45) is 0 Å². The lowest BCUT2D eigenvalue weighted by Gasteiger charge is -2.14. The summed E-state index contributed by atoms with van der Waals surface area (Å²) in [6.07, 6.45) is 0.965. The first-order valence-electron chi connectivity index (χ1n) is 4.22. The third-order valence-corrected chi connectivity index (χ3v) is 1.83. The first kappa shape index (κ1) is 10.7. The van der Waals surface area contributed by atoms with Gasteiger partial charge in [0, 0.05) is 12.6 Å². The number of likely N-dealkylation sites (tertiary alicyclic amines) is 1. The number of aliphatic hydroxyl groups is 1. The Balaban J connectivity index is 0.000000461. The Hall–Kier alpha value is -0.340. The maximum absolute atomic E-state index is 8.77. The summed E-state index contributed by atoms with van der Waals surface area (Å²) in [4.78, 5) is 2.13. The second-order valence-electron chi connectivity index (χ2n) is 2.71. The molecule has 1 rings (SSSR count). The van der Waals surface area contributed by atoms with E-state index < -0.39 is 0 Å². The van der Waals surface area contributed by atoms with Crippen molar-refractivity contribution in [1.82, 2.24) is 4.90 Å². The zero-order valence-electron chi connectivity index (χ0n) is 7.80. The molecule has 0 aromatic rings. The van der Waals surface area contributed by atoms with E-state index in [9.17, 15) is 0 Å². The van der Waals surface area contributed by atoms with Gasteiger partial charge in [-0.25, -0.2) is 0 Å². The molecular formula is C9H19NO. The van der Waals surface area contributed by atoms with Crippen LogP contribution in [0, 0.1) is 0 Å². The normalized spacial score (nSPS) is 24.7. The molecule has 0 amide bonds. The lowest BCUT2D eigenvalue weighted by Crippen LogP contribution is -2.27. The van der Waals surface area contributed by atoms with Gasteiger partial charge in [-0.2, -0.15) is 0 Å². The zero-order chi connectivity index (χ0) is 8.85. The Morgan fingerprint density at radius 1 is 1.64 bits per heavy atom. The average molecular weight is 157 g/mol. The summed E-state index contributed by atoms with van der Waals surface area (Å²) in [6.45, 7) is 9.06. The van der Waals surface area contributed by atoms with E-state index in [1.807, 2.05) is 20.9 Å². The average Bonchev–Trinajstić information content (AvgIpc) is 2.33. The van der Waals surface area contributed by atoms with E-state index in [0.717, 1.165) is 13.0 Å². The fraction of sp³-hybridized carbons (Fsp3) is 0.778. The highest BCUT2D eigenvalue weighted by atomic mass is 16.3. The summed E-state index contributed by atoms with van der Waals surface area (Å²) in [5.41, 5.74) is 1.23. The Labute approximate surface area is 69.5 Å². The van der Waals surface area contributed by atoms with Crippen molar-refractivity contribution in [3.63, 3.8) is 0 Å². The molecule has 0 saturated carbocycles. The number of likely N-dealkylation sites (N-methyl/N-ethyl adjacent to an activating group) is 1. The van der Waals surface area contributed by atoms with Gasteiger partial charge >= 0.3 is 0 Å². The van der Waals surface area contributed by atoms with Gasteiger partial charge in [0.05, 0.1) is 6.61 Å². The summed E-state index contributed by atoms with van der Waals surface area (Å²) in [6, 6.07) is 0.331. The Morgan fingerprint density at radius 3 is 2.36 bits per heavy atom. The van der Waals surface area contributed by atoms with Gasteiger partial charge in [0.1, 0.15) is 0 Å². The third-order valence-electron chi connectivity index (χ3n) is 1.83. The fourth-order valence-corrected chi connectivity index (χ4v) is 1.24. The van der Waals surface area contributed by atoms with Crippen molar-refractivity contribution in [2.75, 3.05) is 20.2 Å². The minimum Gasteiger partial charge on any atom is -0.395 e.